The van der Waals surface area contributed by atoms with E-state index in [2.05, 4.69) is 17.0 Å². The minimum absolute atomic E-state index is 0.0855. The summed E-state index contributed by atoms with van der Waals surface area (Å²) in [4.78, 5) is 22.2. The van der Waals surface area contributed by atoms with Crippen molar-refractivity contribution >= 4 is 23.6 Å². The summed E-state index contributed by atoms with van der Waals surface area (Å²) in [6.07, 6.45) is 2.26. The Kier molecular flexibility index (Phi) is 4.45. The summed E-state index contributed by atoms with van der Waals surface area (Å²) in [6, 6.07) is 0. The smallest absolute Gasteiger partial charge is 0.396 e. The van der Waals surface area contributed by atoms with E-state index in [4.69, 9.17) is 0 Å². The van der Waals surface area contributed by atoms with Crippen LogP contribution < -0.4 is 5.32 Å². The molecule has 86 valence electrons. The fraction of sp³-hybridized carbons (Fsp3) is 0.800. The molecule has 0 spiro atoms. The predicted octanol–water partition coefficient (Wildman–Crippen LogP) is 0.951. The number of nitrogens with one attached hydrogen (secondary N) is 1. The second-order valence-electron chi connectivity index (χ2n) is 3.81. The van der Waals surface area contributed by atoms with E-state index in [0.717, 1.165) is 12.2 Å². The zero-order valence-corrected chi connectivity index (χ0v) is 9.99. The molecule has 5 heteroatoms. The summed E-state index contributed by atoms with van der Waals surface area (Å²) in [5.74, 6) is -0.291. The molecule has 1 atom stereocenters. The molecule has 0 bridgehead atoms. The largest absolute Gasteiger partial charge is 0.459 e. The highest BCUT2D eigenvalue weighted by molar-refractivity contribution is 8.00. The van der Waals surface area contributed by atoms with Crippen LogP contribution in [0.15, 0.2) is 0 Å². The molecule has 1 aliphatic rings. The Balaban J connectivity index is 2.30. The summed E-state index contributed by atoms with van der Waals surface area (Å²) in [5, 5.41) is 2.62. The second kappa shape index (κ2) is 5.39. The van der Waals surface area contributed by atoms with Gasteiger partial charge in [-0.3, -0.25) is 4.79 Å². The first-order valence-corrected chi connectivity index (χ1v) is 6.15. The van der Waals surface area contributed by atoms with Crippen LogP contribution in [0, 0.1) is 0 Å². The molecular weight excluding hydrogens is 214 g/mol. The first-order chi connectivity index (χ1) is 7.07. The van der Waals surface area contributed by atoms with Crippen LogP contribution in [0.2, 0.25) is 0 Å². The van der Waals surface area contributed by atoms with Crippen LogP contribution in [0.25, 0.3) is 0 Å². The van der Waals surface area contributed by atoms with Crippen LogP contribution in [0.5, 0.6) is 0 Å². The zero-order chi connectivity index (χ0) is 11.3. The Morgan fingerprint density at radius 2 is 2.27 bits per heavy atom. The highest BCUT2D eigenvalue weighted by Crippen LogP contribution is 2.36. The van der Waals surface area contributed by atoms with Crippen molar-refractivity contribution in [3.8, 4) is 0 Å². The number of amides is 1. The molecule has 1 saturated heterocycles. The topological polar surface area (TPSA) is 55.4 Å². The third-order valence-electron chi connectivity index (χ3n) is 2.38. The summed E-state index contributed by atoms with van der Waals surface area (Å²) in [5.41, 5.74) is 0. The van der Waals surface area contributed by atoms with Gasteiger partial charge in [0.2, 0.25) is 0 Å². The summed E-state index contributed by atoms with van der Waals surface area (Å²) < 4.78 is 4.68. The van der Waals surface area contributed by atoms with Crippen molar-refractivity contribution in [3.63, 3.8) is 0 Å². The van der Waals surface area contributed by atoms with E-state index in [1.54, 1.807) is 6.92 Å². The molecule has 0 saturated carbocycles. The van der Waals surface area contributed by atoms with Crippen molar-refractivity contribution in [1.29, 1.82) is 0 Å². The van der Waals surface area contributed by atoms with Crippen LogP contribution in [0.1, 0.15) is 26.7 Å². The van der Waals surface area contributed by atoms with Gasteiger partial charge in [-0.25, -0.2) is 4.79 Å². The van der Waals surface area contributed by atoms with Gasteiger partial charge < -0.3 is 10.1 Å². The molecule has 1 N–H and O–H groups in total. The number of hydrogen-bond acceptors (Lipinski definition) is 4. The number of rotatable bonds is 3. The van der Waals surface area contributed by atoms with E-state index in [-0.39, 0.29) is 11.4 Å². The van der Waals surface area contributed by atoms with Gasteiger partial charge in [-0.15, -0.1) is 0 Å². The summed E-state index contributed by atoms with van der Waals surface area (Å²) in [6.45, 7) is 4.56. The maximum atomic E-state index is 11.2. The molecule has 0 aromatic carbocycles. The maximum absolute atomic E-state index is 11.2. The normalized spacial score (nSPS) is 24.9. The Bertz CT molecular complexity index is 249. The van der Waals surface area contributed by atoms with Crippen LogP contribution in [-0.4, -0.2) is 35.5 Å². The molecule has 1 aliphatic heterocycles. The van der Waals surface area contributed by atoms with Gasteiger partial charge in [-0.05, 0) is 32.4 Å². The van der Waals surface area contributed by atoms with Gasteiger partial charge >= 0.3 is 11.9 Å². The van der Waals surface area contributed by atoms with Crippen molar-refractivity contribution in [2.24, 2.45) is 0 Å². The van der Waals surface area contributed by atoms with Gasteiger partial charge in [0, 0.05) is 11.3 Å². The lowest BCUT2D eigenvalue weighted by molar-refractivity contribution is -0.154. The number of carbonyl (C=O) groups excluding carboxylic acids is 2. The first-order valence-electron chi connectivity index (χ1n) is 5.16. The van der Waals surface area contributed by atoms with Gasteiger partial charge in [-0.1, -0.05) is 0 Å². The molecule has 1 unspecified atom stereocenters. The molecule has 0 aromatic heterocycles. The molecule has 1 fully saturated rings. The second-order valence-corrected chi connectivity index (χ2v) is 5.49. The van der Waals surface area contributed by atoms with Crippen LogP contribution in [-0.2, 0) is 14.3 Å². The monoisotopic (exact) mass is 231 g/mol. The van der Waals surface area contributed by atoms with E-state index >= 15 is 0 Å². The third kappa shape index (κ3) is 3.74. The van der Waals surface area contributed by atoms with E-state index in [9.17, 15) is 9.59 Å². The zero-order valence-electron chi connectivity index (χ0n) is 9.17. The molecule has 1 amide bonds. The minimum Gasteiger partial charge on any atom is -0.459 e. The average Bonchev–Trinajstić information content (AvgIpc) is 2.63. The molecule has 0 aliphatic carbocycles. The van der Waals surface area contributed by atoms with Crippen LogP contribution in [0.4, 0.5) is 0 Å². The molecular formula is C10H17NO3S. The minimum atomic E-state index is -0.788. The SMILES string of the molecule is CCOC(=O)C(=O)NCC1(C)CCCS1. The number of thioether (sulfide) groups is 1. The van der Waals surface area contributed by atoms with Gasteiger partial charge in [0.05, 0.1) is 6.61 Å². The first kappa shape index (κ1) is 12.4. The van der Waals surface area contributed by atoms with Crippen molar-refractivity contribution < 1.29 is 14.3 Å². The molecule has 0 radical (unpaired) electrons. The van der Waals surface area contributed by atoms with Gasteiger partial charge in [0.15, 0.2) is 0 Å². The number of hydrogen-bond donors (Lipinski definition) is 1. The van der Waals surface area contributed by atoms with Gasteiger partial charge in [0.25, 0.3) is 0 Å². The lowest BCUT2D eigenvalue weighted by Gasteiger charge is -2.22. The van der Waals surface area contributed by atoms with Crippen LogP contribution in [0.3, 0.4) is 0 Å². The van der Waals surface area contributed by atoms with Crippen molar-refractivity contribution in [2.45, 2.75) is 31.4 Å². The van der Waals surface area contributed by atoms with Gasteiger partial charge in [0.1, 0.15) is 0 Å². The molecule has 1 heterocycles. The van der Waals surface area contributed by atoms with E-state index in [1.165, 1.54) is 6.42 Å². The Morgan fingerprint density at radius 1 is 1.53 bits per heavy atom. The summed E-state index contributed by atoms with van der Waals surface area (Å²) in [7, 11) is 0. The highest BCUT2D eigenvalue weighted by atomic mass is 32.2. The summed E-state index contributed by atoms with van der Waals surface area (Å²) >= 11 is 1.84. The number of carbonyl (C=O) groups is 2. The van der Waals surface area contributed by atoms with Crippen molar-refractivity contribution in [1.82, 2.24) is 5.32 Å². The van der Waals surface area contributed by atoms with Crippen molar-refractivity contribution in [2.75, 3.05) is 18.9 Å². The fourth-order valence-electron chi connectivity index (χ4n) is 1.51. The number of esters is 1. The molecule has 1 rings (SSSR count). The lowest BCUT2D eigenvalue weighted by atomic mass is 10.1. The average molecular weight is 231 g/mol. The van der Waals surface area contributed by atoms with E-state index < -0.39 is 11.9 Å². The van der Waals surface area contributed by atoms with Crippen LogP contribution >= 0.6 is 11.8 Å². The molecule has 0 aromatic rings. The van der Waals surface area contributed by atoms with E-state index in [0.29, 0.717) is 6.54 Å². The standard InChI is InChI=1S/C10H17NO3S/c1-3-14-9(13)8(12)11-7-10(2)5-4-6-15-10/h3-7H2,1-2H3,(H,11,12). The Labute approximate surface area is 94.1 Å². The highest BCUT2D eigenvalue weighted by Gasteiger charge is 2.30. The molecule has 4 nitrogen and oxygen atoms in total. The predicted molar refractivity (Wildman–Crippen MR) is 59.7 cm³/mol. The van der Waals surface area contributed by atoms with E-state index in [1.807, 2.05) is 11.8 Å². The van der Waals surface area contributed by atoms with Gasteiger partial charge in [-0.2, -0.15) is 11.8 Å². The quantitative estimate of drug-likeness (QED) is 0.580. The fourth-order valence-corrected chi connectivity index (χ4v) is 2.76. The lowest BCUT2D eigenvalue weighted by Crippen LogP contribution is -2.40. The maximum Gasteiger partial charge on any atom is 0.396 e. The Morgan fingerprint density at radius 3 is 2.80 bits per heavy atom. The third-order valence-corrected chi connectivity index (χ3v) is 3.92. The Hall–Kier alpha value is -0.710. The number of ether oxygens (including phenoxy) is 1. The van der Waals surface area contributed by atoms with Crippen molar-refractivity contribution in [3.05, 3.63) is 0 Å². The molecule has 15 heavy (non-hydrogen) atoms.